The lowest BCUT2D eigenvalue weighted by Gasteiger charge is -2.21. The average molecular weight is 301 g/mol. The number of carbonyl (C=O) groups is 1. The smallest absolute Gasteiger partial charge is 0.222 e. The number of carbonyl (C=O) groups excluding carboxylic acids is 1. The van der Waals surface area contributed by atoms with E-state index in [0.717, 1.165) is 49.7 Å². The fourth-order valence-electron chi connectivity index (χ4n) is 3.24. The van der Waals surface area contributed by atoms with Crippen molar-refractivity contribution in [3.63, 3.8) is 0 Å². The number of nitrogens with one attached hydrogen (secondary N) is 1. The van der Waals surface area contributed by atoms with Crippen LogP contribution in [0.5, 0.6) is 0 Å². The second-order valence-electron chi connectivity index (χ2n) is 6.24. The number of para-hydroxylation sites is 2. The number of nitrogens with zero attached hydrogens (tertiary/aromatic N) is 2. The molecule has 1 aromatic carbocycles. The van der Waals surface area contributed by atoms with Gasteiger partial charge in [0.2, 0.25) is 5.91 Å². The molecule has 0 spiro atoms. The molecule has 5 nitrogen and oxygen atoms in total. The number of aryl methyl sites for hydroxylation is 1. The van der Waals surface area contributed by atoms with Crippen molar-refractivity contribution in [1.82, 2.24) is 14.9 Å². The first-order valence-electron chi connectivity index (χ1n) is 8.05. The van der Waals surface area contributed by atoms with Gasteiger partial charge in [0, 0.05) is 13.1 Å². The largest absolute Gasteiger partial charge is 0.389 e. The van der Waals surface area contributed by atoms with E-state index in [0.29, 0.717) is 6.54 Å². The van der Waals surface area contributed by atoms with Gasteiger partial charge in [0.25, 0.3) is 0 Å². The average Bonchev–Trinajstić information content (AvgIpc) is 3.10. The predicted octanol–water partition coefficient (Wildman–Crippen LogP) is 2.24. The number of imidazole rings is 1. The van der Waals surface area contributed by atoms with Gasteiger partial charge in [-0.3, -0.25) is 4.79 Å². The molecule has 0 atom stereocenters. The number of aromatic nitrogens is 2. The van der Waals surface area contributed by atoms with E-state index in [1.54, 1.807) is 0 Å². The van der Waals surface area contributed by atoms with Gasteiger partial charge in [0.05, 0.1) is 29.4 Å². The van der Waals surface area contributed by atoms with E-state index >= 15 is 0 Å². The van der Waals surface area contributed by atoms with Crippen molar-refractivity contribution in [2.75, 3.05) is 6.54 Å². The van der Waals surface area contributed by atoms with Crippen molar-refractivity contribution in [2.24, 2.45) is 0 Å². The molecule has 0 bridgehead atoms. The molecule has 22 heavy (non-hydrogen) atoms. The molecular weight excluding hydrogens is 278 g/mol. The molecule has 5 heteroatoms. The molecule has 1 saturated carbocycles. The standard InChI is InChI=1S/C17H23N3O2/c21-16(12-17(22)8-3-4-9-17)18-10-5-11-20-13-19-14-6-1-2-7-15(14)20/h1-2,6-7,13,22H,3-5,8-12H2,(H,18,21). The predicted molar refractivity (Wildman–Crippen MR) is 85.4 cm³/mol. The van der Waals surface area contributed by atoms with E-state index < -0.39 is 5.60 Å². The summed E-state index contributed by atoms with van der Waals surface area (Å²) < 4.78 is 2.10. The van der Waals surface area contributed by atoms with Gasteiger partial charge < -0.3 is 15.0 Å². The number of rotatable bonds is 6. The number of hydrogen-bond acceptors (Lipinski definition) is 3. The SMILES string of the molecule is O=C(CC1(O)CCCC1)NCCCn1cnc2ccccc21. The van der Waals surface area contributed by atoms with Crippen molar-refractivity contribution >= 4 is 16.9 Å². The Morgan fingerprint density at radius 3 is 2.91 bits per heavy atom. The zero-order valence-corrected chi connectivity index (χ0v) is 12.8. The Kier molecular flexibility index (Phi) is 4.43. The highest BCUT2D eigenvalue weighted by atomic mass is 16.3. The molecule has 0 radical (unpaired) electrons. The van der Waals surface area contributed by atoms with Crippen LogP contribution in [0.3, 0.4) is 0 Å². The van der Waals surface area contributed by atoms with Gasteiger partial charge in [-0.25, -0.2) is 4.98 Å². The van der Waals surface area contributed by atoms with E-state index in [1.165, 1.54) is 0 Å². The lowest BCUT2D eigenvalue weighted by molar-refractivity contribution is -0.125. The third-order valence-corrected chi connectivity index (χ3v) is 4.45. The van der Waals surface area contributed by atoms with Gasteiger partial charge in [0.1, 0.15) is 0 Å². The molecule has 3 rings (SSSR count). The maximum atomic E-state index is 11.9. The molecule has 1 aromatic heterocycles. The third kappa shape index (κ3) is 3.47. The van der Waals surface area contributed by atoms with Gasteiger partial charge in [-0.15, -0.1) is 0 Å². The minimum Gasteiger partial charge on any atom is -0.389 e. The first kappa shape index (κ1) is 15.0. The molecule has 1 aliphatic carbocycles. The van der Waals surface area contributed by atoms with Gasteiger partial charge in [-0.2, -0.15) is 0 Å². The molecular formula is C17H23N3O2. The van der Waals surface area contributed by atoms with E-state index in [1.807, 2.05) is 24.5 Å². The number of amides is 1. The van der Waals surface area contributed by atoms with E-state index in [4.69, 9.17) is 0 Å². The number of fused-ring (bicyclic) bond motifs is 1. The summed E-state index contributed by atoms with van der Waals surface area (Å²) >= 11 is 0. The minimum atomic E-state index is -0.759. The van der Waals surface area contributed by atoms with Gasteiger partial charge >= 0.3 is 0 Å². The summed E-state index contributed by atoms with van der Waals surface area (Å²) in [4.78, 5) is 16.2. The highest BCUT2D eigenvalue weighted by Crippen LogP contribution is 2.32. The summed E-state index contributed by atoms with van der Waals surface area (Å²) in [5, 5.41) is 13.1. The van der Waals surface area contributed by atoms with Crippen LogP contribution in [-0.2, 0) is 11.3 Å². The topological polar surface area (TPSA) is 67.2 Å². The Hall–Kier alpha value is -1.88. The van der Waals surface area contributed by atoms with E-state index in [2.05, 4.69) is 20.9 Å². The van der Waals surface area contributed by atoms with Gasteiger partial charge in [0.15, 0.2) is 0 Å². The van der Waals surface area contributed by atoms with Crippen LogP contribution >= 0.6 is 0 Å². The number of aliphatic hydroxyl groups is 1. The fourth-order valence-corrected chi connectivity index (χ4v) is 3.24. The third-order valence-electron chi connectivity index (χ3n) is 4.45. The molecule has 1 fully saturated rings. The fraction of sp³-hybridized carbons (Fsp3) is 0.529. The zero-order chi connectivity index (χ0) is 15.4. The number of benzene rings is 1. The number of hydrogen-bond donors (Lipinski definition) is 2. The molecule has 2 N–H and O–H groups in total. The Morgan fingerprint density at radius 1 is 1.32 bits per heavy atom. The van der Waals surface area contributed by atoms with Gasteiger partial charge in [-0.05, 0) is 31.4 Å². The van der Waals surface area contributed by atoms with Gasteiger partial charge in [-0.1, -0.05) is 25.0 Å². The summed E-state index contributed by atoms with van der Waals surface area (Å²) in [6.45, 7) is 1.45. The molecule has 118 valence electrons. The van der Waals surface area contributed by atoms with Crippen molar-refractivity contribution in [3.8, 4) is 0 Å². The molecule has 0 aliphatic heterocycles. The van der Waals surface area contributed by atoms with Crippen LogP contribution in [0.1, 0.15) is 38.5 Å². The zero-order valence-electron chi connectivity index (χ0n) is 12.8. The Balaban J connectivity index is 1.43. The summed E-state index contributed by atoms with van der Waals surface area (Å²) in [6, 6.07) is 8.03. The normalized spacial score (nSPS) is 17.0. The molecule has 0 unspecified atom stereocenters. The molecule has 1 amide bonds. The van der Waals surface area contributed by atoms with Crippen molar-refractivity contribution < 1.29 is 9.90 Å². The van der Waals surface area contributed by atoms with Crippen molar-refractivity contribution in [1.29, 1.82) is 0 Å². The Bertz CT molecular complexity index is 644. The highest BCUT2D eigenvalue weighted by molar-refractivity contribution is 5.77. The van der Waals surface area contributed by atoms with Crippen LogP contribution in [0, 0.1) is 0 Å². The Morgan fingerprint density at radius 2 is 2.09 bits per heavy atom. The van der Waals surface area contributed by atoms with Crippen LogP contribution < -0.4 is 5.32 Å². The first-order valence-corrected chi connectivity index (χ1v) is 8.05. The minimum absolute atomic E-state index is 0.0418. The van der Waals surface area contributed by atoms with E-state index in [-0.39, 0.29) is 12.3 Å². The second-order valence-corrected chi connectivity index (χ2v) is 6.24. The summed E-state index contributed by atoms with van der Waals surface area (Å²) in [5.74, 6) is -0.0418. The lowest BCUT2D eigenvalue weighted by Crippen LogP contribution is -2.35. The second kappa shape index (κ2) is 6.48. The summed E-state index contributed by atoms with van der Waals surface area (Å²) in [7, 11) is 0. The van der Waals surface area contributed by atoms with Crippen LogP contribution in [0.15, 0.2) is 30.6 Å². The summed E-state index contributed by atoms with van der Waals surface area (Å²) in [6.07, 6.45) is 6.48. The van der Waals surface area contributed by atoms with Crippen LogP contribution in [0.4, 0.5) is 0 Å². The van der Waals surface area contributed by atoms with E-state index in [9.17, 15) is 9.90 Å². The highest BCUT2D eigenvalue weighted by Gasteiger charge is 2.33. The maximum absolute atomic E-state index is 11.9. The monoisotopic (exact) mass is 301 g/mol. The van der Waals surface area contributed by atoms with Crippen LogP contribution in [0.2, 0.25) is 0 Å². The quantitative estimate of drug-likeness (QED) is 0.804. The van der Waals surface area contributed by atoms with Crippen LogP contribution in [-0.4, -0.2) is 32.7 Å². The maximum Gasteiger partial charge on any atom is 0.222 e. The summed E-state index contributed by atoms with van der Waals surface area (Å²) in [5.41, 5.74) is 1.36. The lowest BCUT2D eigenvalue weighted by atomic mass is 9.98. The Labute approximate surface area is 130 Å². The molecule has 1 aliphatic rings. The van der Waals surface area contributed by atoms with Crippen LogP contribution in [0.25, 0.3) is 11.0 Å². The molecule has 1 heterocycles. The molecule has 2 aromatic rings. The molecule has 0 saturated heterocycles. The first-order chi connectivity index (χ1) is 10.7. The van der Waals surface area contributed by atoms with Crippen molar-refractivity contribution in [3.05, 3.63) is 30.6 Å². The van der Waals surface area contributed by atoms with Crippen molar-refractivity contribution in [2.45, 2.75) is 50.7 Å².